The number of hydrogen-bond acceptors (Lipinski definition) is 2. The number of rotatable bonds is 2. The molecule has 1 aliphatic heterocycles. The summed E-state index contributed by atoms with van der Waals surface area (Å²) >= 11 is 0. The van der Waals surface area contributed by atoms with Crippen LogP contribution in [0.3, 0.4) is 0 Å². The number of H-pyrrole nitrogens is 1. The lowest BCUT2D eigenvalue weighted by Crippen LogP contribution is -2.13. The Labute approximate surface area is 77.9 Å². The monoisotopic (exact) mass is 177 g/mol. The maximum atomic E-state index is 4.16. The summed E-state index contributed by atoms with van der Waals surface area (Å²) in [5.41, 5.74) is 2.83. The van der Waals surface area contributed by atoms with Crippen LogP contribution in [0, 0.1) is 0 Å². The first-order valence-electron chi connectivity index (χ1n) is 5.21. The fourth-order valence-corrected chi connectivity index (χ4v) is 2.23. The van der Waals surface area contributed by atoms with Crippen LogP contribution in [0.2, 0.25) is 0 Å². The molecule has 2 fully saturated rings. The molecule has 2 heterocycles. The number of nitrogens with zero attached hydrogens (tertiary/aromatic N) is 1. The fraction of sp³-hybridized carbons (Fsp3) is 0.700. The predicted octanol–water partition coefficient (Wildman–Crippen LogP) is 1.71. The minimum absolute atomic E-state index is 0.578. The summed E-state index contributed by atoms with van der Waals surface area (Å²) in [5.74, 6) is 0.792. The van der Waals surface area contributed by atoms with Gasteiger partial charge in [-0.05, 0) is 32.2 Å². The molecule has 0 radical (unpaired) electrons. The Balaban J connectivity index is 1.88. The van der Waals surface area contributed by atoms with Gasteiger partial charge in [0.2, 0.25) is 0 Å². The van der Waals surface area contributed by atoms with Crippen LogP contribution in [0.4, 0.5) is 0 Å². The fourth-order valence-electron chi connectivity index (χ4n) is 2.23. The molecule has 70 valence electrons. The van der Waals surface area contributed by atoms with Gasteiger partial charge in [0.05, 0.1) is 6.20 Å². The lowest BCUT2D eigenvalue weighted by Gasteiger charge is -2.09. The minimum atomic E-state index is 0.578. The molecule has 13 heavy (non-hydrogen) atoms. The molecule has 0 spiro atoms. The Kier molecular flexibility index (Phi) is 1.65. The van der Waals surface area contributed by atoms with E-state index in [0.717, 1.165) is 5.92 Å². The van der Waals surface area contributed by atoms with Gasteiger partial charge in [-0.2, -0.15) is 5.10 Å². The summed E-state index contributed by atoms with van der Waals surface area (Å²) in [6.07, 6.45) is 7.29. The number of aromatic nitrogens is 2. The lowest BCUT2D eigenvalue weighted by molar-refractivity contribution is 0.640. The maximum Gasteiger partial charge on any atom is 0.0538 e. The van der Waals surface area contributed by atoms with Crippen molar-refractivity contribution in [3.63, 3.8) is 0 Å². The van der Waals surface area contributed by atoms with Gasteiger partial charge in [-0.3, -0.25) is 5.10 Å². The zero-order chi connectivity index (χ0) is 8.67. The summed E-state index contributed by atoms with van der Waals surface area (Å²) < 4.78 is 0. The van der Waals surface area contributed by atoms with E-state index in [2.05, 4.69) is 15.5 Å². The summed E-state index contributed by atoms with van der Waals surface area (Å²) in [5, 5.41) is 10.8. The third kappa shape index (κ3) is 1.27. The largest absolute Gasteiger partial charge is 0.310 e. The molecule has 0 aromatic carbocycles. The Morgan fingerprint density at radius 2 is 2.23 bits per heavy atom. The molecule has 1 atom stereocenters. The summed E-state index contributed by atoms with van der Waals surface area (Å²) in [4.78, 5) is 0. The number of nitrogens with one attached hydrogen (secondary N) is 2. The van der Waals surface area contributed by atoms with Crippen molar-refractivity contribution >= 4 is 0 Å². The van der Waals surface area contributed by atoms with Crippen molar-refractivity contribution in [3.8, 4) is 0 Å². The van der Waals surface area contributed by atoms with Gasteiger partial charge in [-0.15, -0.1) is 0 Å². The first-order valence-corrected chi connectivity index (χ1v) is 5.21. The third-order valence-electron chi connectivity index (χ3n) is 3.12. The van der Waals surface area contributed by atoms with Crippen LogP contribution < -0.4 is 5.32 Å². The van der Waals surface area contributed by atoms with Crippen molar-refractivity contribution in [1.82, 2.24) is 15.5 Å². The van der Waals surface area contributed by atoms with E-state index in [0.29, 0.717) is 6.04 Å². The standard InChI is InChI=1S/C10H15N3/c1-2-9(11-5-1)8-6-12-13-10(8)7-3-4-7/h6-7,9,11H,1-5H2,(H,12,13). The van der Waals surface area contributed by atoms with Crippen molar-refractivity contribution in [2.24, 2.45) is 0 Å². The Morgan fingerprint density at radius 1 is 1.31 bits per heavy atom. The van der Waals surface area contributed by atoms with Crippen LogP contribution in [0.15, 0.2) is 6.20 Å². The zero-order valence-electron chi connectivity index (χ0n) is 7.71. The highest BCUT2D eigenvalue weighted by atomic mass is 15.1. The highest BCUT2D eigenvalue weighted by Crippen LogP contribution is 2.42. The van der Waals surface area contributed by atoms with Crippen LogP contribution in [-0.2, 0) is 0 Å². The SMILES string of the molecule is c1n[nH]c(C2CC2)c1C1CCCN1. The van der Waals surface area contributed by atoms with E-state index >= 15 is 0 Å². The van der Waals surface area contributed by atoms with Crippen molar-refractivity contribution in [2.45, 2.75) is 37.6 Å². The van der Waals surface area contributed by atoms with E-state index < -0.39 is 0 Å². The summed E-state index contributed by atoms with van der Waals surface area (Å²) in [7, 11) is 0. The van der Waals surface area contributed by atoms with E-state index in [4.69, 9.17) is 0 Å². The molecular weight excluding hydrogens is 162 g/mol. The van der Waals surface area contributed by atoms with Gasteiger partial charge in [-0.1, -0.05) is 0 Å². The molecule has 2 N–H and O–H groups in total. The van der Waals surface area contributed by atoms with Crippen molar-refractivity contribution < 1.29 is 0 Å². The second kappa shape index (κ2) is 2.84. The second-order valence-corrected chi connectivity index (χ2v) is 4.16. The van der Waals surface area contributed by atoms with Gasteiger partial charge in [0.25, 0.3) is 0 Å². The van der Waals surface area contributed by atoms with Crippen LogP contribution in [0.25, 0.3) is 0 Å². The molecule has 1 saturated heterocycles. The average molecular weight is 177 g/mol. The molecule has 3 nitrogen and oxygen atoms in total. The zero-order valence-corrected chi connectivity index (χ0v) is 7.71. The van der Waals surface area contributed by atoms with E-state index in [9.17, 15) is 0 Å². The average Bonchev–Trinajstić information content (AvgIpc) is 2.72. The first-order chi connectivity index (χ1) is 6.45. The summed E-state index contributed by atoms with van der Waals surface area (Å²) in [6.45, 7) is 1.17. The van der Waals surface area contributed by atoms with Gasteiger partial charge in [0, 0.05) is 23.2 Å². The van der Waals surface area contributed by atoms with E-state index in [1.807, 2.05) is 6.20 Å². The Bertz CT molecular complexity index is 295. The molecule has 2 aliphatic rings. The molecule has 1 aromatic heterocycles. The van der Waals surface area contributed by atoms with E-state index in [1.165, 1.54) is 43.5 Å². The van der Waals surface area contributed by atoms with Crippen LogP contribution in [0.5, 0.6) is 0 Å². The van der Waals surface area contributed by atoms with Gasteiger partial charge in [-0.25, -0.2) is 0 Å². The minimum Gasteiger partial charge on any atom is -0.310 e. The van der Waals surface area contributed by atoms with Crippen LogP contribution >= 0.6 is 0 Å². The first kappa shape index (κ1) is 7.56. The molecule has 1 unspecified atom stereocenters. The quantitative estimate of drug-likeness (QED) is 0.722. The summed E-state index contributed by atoms with van der Waals surface area (Å²) in [6, 6.07) is 0.578. The third-order valence-corrected chi connectivity index (χ3v) is 3.12. The van der Waals surface area contributed by atoms with Crippen molar-refractivity contribution in [3.05, 3.63) is 17.5 Å². The van der Waals surface area contributed by atoms with Gasteiger partial charge >= 0.3 is 0 Å². The maximum absolute atomic E-state index is 4.16. The van der Waals surface area contributed by atoms with Crippen LogP contribution in [-0.4, -0.2) is 16.7 Å². The van der Waals surface area contributed by atoms with E-state index in [-0.39, 0.29) is 0 Å². The molecule has 0 amide bonds. The number of aromatic amines is 1. The van der Waals surface area contributed by atoms with Gasteiger partial charge < -0.3 is 5.32 Å². The molecule has 3 heteroatoms. The molecule has 0 bridgehead atoms. The highest BCUT2D eigenvalue weighted by Gasteiger charge is 2.30. The lowest BCUT2D eigenvalue weighted by atomic mass is 10.0. The second-order valence-electron chi connectivity index (χ2n) is 4.16. The van der Waals surface area contributed by atoms with Crippen molar-refractivity contribution in [1.29, 1.82) is 0 Å². The molecule has 1 aliphatic carbocycles. The number of hydrogen-bond donors (Lipinski definition) is 2. The van der Waals surface area contributed by atoms with Gasteiger partial charge in [0.1, 0.15) is 0 Å². The van der Waals surface area contributed by atoms with E-state index in [1.54, 1.807) is 0 Å². The predicted molar refractivity (Wildman–Crippen MR) is 50.5 cm³/mol. The van der Waals surface area contributed by atoms with Crippen LogP contribution in [0.1, 0.15) is 48.9 Å². The highest BCUT2D eigenvalue weighted by molar-refractivity contribution is 5.27. The van der Waals surface area contributed by atoms with Gasteiger partial charge in [0.15, 0.2) is 0 Å². The smallest absolute Gasteiger partial charge is 0.0538 e. The molecule has 1 saturated carbocycles. The molecular formula is C10H15N3. The topological polar surface area (TPSA) is 40.7 Å². The Hall–Kier alpha value is -0.830. The van der Waals surface area contributed by atoms with Crippen molar-refractivity contribution in [2.75, 3.05) is 6.54 Å². The Morgan fingerprint density at radius 3 is 2.92 bits per heavy atom. The molecule has 3 rings (SSSR count). The molecule has 1 aromatic rings. The normalized spacial score (nSPS) is 28.2.